The number of hydrogen-bond acceptors (Lipinski definition) is 3. The number of hydrogen-bond donors (Lipinski definition) is 1. The number of nitrogens with one attached hydrogen (secondary N) is 1. The minimum absolute atomic E-state index is 0.0895. The molecule has 6 aromatic rings. The number of aryl methyl sites for hydroxylation is 1. The van der Waals surface area contributed by atoms with Gasteiger partial charge in [0.2, 0.25) is 0 Å². The molecule has 0 spiro atoms. The van der Waals surface area contributed by atoms with Crippen molar-refractivity contribution in [1.82, 2.24) is 24.3 Å². The summed E-state index contributed by atoms with van der Waals surface area (Å²) >= 11 is 6.24. The SMILES string of the molecule is Cc1c(-c2nc3cc(Cl)ccc3c(=O)n2CCc2c[nH]c3ccccc23)cnn1-c1ccccc1. The minimum Gasteiger partial charge on any atom is -0.361 e. The van der Waals surface area contributed by atoms with Crippen molar-refractivity contribution in [1.29, 1.82) is 0 Å². The van der Waals surface area contributed by atoms with Gasteiger partial charge in [0.1, 0.15) is 5.82 Å². The van der Waals surface area contributed by atoms with E-state index in [1.807, 2.05) is 60.3 Å². The maximum Gasteiger partial charge on any atom is 0.261 e. The second-order valence-electron chi connectivity index (χ2n) is 8.55. The average molecular weight is 480 g/mol. The maximum atomic E-state index is 13.7. The highest BCUT2D eigenvalue weighted by molar-refractivity contribution is 6.31. The number of aromatic nitrogens is 5. The van der Waals surface area contributed by atoms with Crippen molar-refractivity contribution in [2.24, 2.45) is 0 Å². The van der Waals surface area contributed by atoms with Crippen LogP contribution in [0, 0.1) is 6.92 Å². The van der Waals surface area contributed by atoms with Crippen molar-refractivity contribution in [3.05, 3.63) is 112 Å². The van der Waals surface area contributed by atoms with Gasteiger partial charge in [-0.3, -0.25) is 9.36 Å². The van der Waals surface area contributed by atoms with Crippen LogP contribution in [-0.4, -0.2) is 24.3 Å². The van der Waals surface area contributed by atoms with Crippen LogP contribution in [0.3, 0.4) is 0 Å². The molecular weight excluding hydrogens is 458 g/mol. The number of aromatic amines is 1. The topological polar surface area (TPSA) is 68.5 Å². The molecule has 3 heterocycles. The van der Waals surface area contributed by atoms with Crippen LogP contribution in [0.4, 0.5) is 0 Å². The Balaban J connectivity index is 1.50. The monoisotopic (exact) mass is 479 g/mol. The Labute approximate surface area is 206 Å². The molecule has 0 atom stereocenters. The molecule has 0 radical (unpaired) electrons. The Morgan fingerprint density at radius 2 is 1.77 bits per heavy atom. The fourth-order valence-corrected chi connectivity index (χ4v) is 4.80. The third kappa shape index (κ3) is 3.72. The normalized spacial score (nSPS) is 11.5. The van der Waals surface area contributed by atoms with Crippen molar-refractivity contribution in [3.8, 4) is 17.1 Å². The zero-order valence-corrected chi connectivity index (χ0v) is 19.8. The Morgan fingerprint density at radius 1 is 0.971 bits per heavy atom. The molecule has 0 amide bonds. The van der Waals surface area contributed by atoms with E-state index < -0.39 is 0 Å². The Hall–Kier alpha value is -4.16. The lowest BCUT2D eigenvalue weighted by atomic mass is 10.1. The highest BCUT2D eigenvalue weighted by Gasteiger charge is 2.19. The molecule has 0 aliphatic carbocycles. The molecule has 172 valence electrons. The molecular formula is C28H22ClN5O. The summed E-state index contributed by atoms with van der Waals surface area (Å²) in [4.78, 5) is 21.9. The van der Waals surface area contributed by atoms with E-state index >= 15 is 0 Å². The average Bonchev–Trinajstić information content (AvgIpc) is 3.47. The quantitative estimate of drug-likeness (QED) is 0.333. The second-order valence-corrected chi connectivity index (χ2v) is 8.99. The van der Waals surface area contributed by atoms with Gasteiger partial charge in [-0.05, 0) is 55.3 Å². The molecule has 3 aromatic carbocycles. The Kier molecular flexibility index (Phi) is 5.23. The lowest BCUT2D eigenvalue weighted by Crippen LogP contribution is -2.24. The first-order valence-electron chi connectivity index (χ1n) is 11.5. The molecule has 3 aromatic heterocycles. The van der Waals surface area contributed by atoms with Crippen LogP contribution in [0.25, 0.3) is 38.9 Å². The maximum absolute atomic E-state index is 13.7. The van der Waals surface area contributed by atoms with Crippen molar-refractivity contribution >= 4 is 33.4 Å². The van der Waals surface area contributed by atoms with Crippen LogP contribution in [0.15, 0.2) is 90.0 Å². The summed E-state index contributed by atoms with van der Waals surface area (Å²) in [7, 11) is 0. The van der Waals surface area contributed by atoms with Crippen LogP contribution in [0.1, 0.15) is 11.3 Å². The van der Waals surface area contributed by atoms with Gasteiger partial charge in [-0.2, -0.15) is 5.10 Å². The second kappa shape index (κ2) is 8.56. The van der Waals surface area contributed by atoms with Crippen molar-refractivity contribution < 1.29 is 0 Å². The first kappa shape index (κ1) is 21.4. The summed E-state index contributed by atoms with van der Waals surface area (Å²) in [6, 6.07) is 23.3. The van der Waals surface area contributed by atoms with E-state index in [0.29, 0.717) is 34.7 Å². The largest absolute Gasteiger partial charge is 0.361 e. The molecule has 6 rings (SSSR count). The van der Waals surface area contributed by atoms with Crippen LogP contribution in [0.5, 0.6) is 0 Å². The molecule has 1 N–H and O–H groups in total. The molecule has 6 nitrogen and oxygen atoms in total. The van der Waals surface area contributed by atoms with E-state index in [2.05, 4.69) is 22.2 Å². The predicted octanol–water partition coefficient (Wildman–Crippen LogP) is 5.94. The van der Waals surface area contributed by atoms with Crippen molar-refractivity contribution in [2.45, 2.75) is 19.9 Å². The van der Waals surface area contributed by atoms with Gasteiger partial charge < -0.3 is 4.98 Å². The zero-order valence-electron chi connectivity index (χ0n) is 19.1. The number of fused-ring (bicyclic) bond motifs is 2. The fraction of sp³-hybridized carbons (Fsp3) is 0.107. The van der Waals surface area contributed by atoms with E-state index in [1.54, 1.807) is 29.0 Å². The van der Waals surface area contributed by atoms with E-state index in [1.165, 1.54) is 0 Å². The molecule has 0 bridgehead atoms. The van der Waals surface area contributed by atoms with Gasteiger partial charge >= 0.3 is 0 Å². The fourth-order valence-electron chi connectivity index (χ4n) is 4.64. The lowest BCUT2D eigenvalue weighted by molar-refractivity contribution is 0.673. The van der Waals surface area contributed by atoms with Crippen molar-refractivity contribution in [3.63, 3.8) is 0 Å². The summed E-state index contributed by atoms with van der Waals surface area (Å²) in [5, 5.41) is 6.87. The smallest absolute Gasteiger partial charge is 0.261 e. The number of nitrogens with zero attached hydrogens (tertiary/aromatic N) is 4. The van der Waals surface area contributed by atoms with Crippen LogP contribution >= 0.6 is 11.6 Å². The van der Waals surface area contributed by atoms with Gasteiger partial charge in [-0.1, -0.05) is 48.0 Å². The summed E-state index contributed by atoms with van der Waals surface area (Å²) in [6.07, 6.45) is 4.48. The molecule has 0 aliphatic heterocycles. The standard InChI is InChI=1S/C28H22ClN5O/c1-18-24(17-31-34(18)21-7-3-2-4-8-21)27-32-26-15-20(29)11-12-23(26)28(35)33(27)14-13-19-16-30-25-10-6-5-9-22(19)25/h2-12,15-17,30H,13-14H2,1H3. The van der Waals surface area contributed by atoms with Crippen LogP contribution in [0.2, 0.25) is 5.02 Å². The van der Waals surface area contributed by atoms with E-state index in [-0.39, 0.29) is 5.56 Å². The summed E-state index contributed by atoms with van der Waals surface area (Å²) < 4.78 is 3.63. The van der Waals surface area contributed by atoms with Gasteiger partial charge in [0.05, 0.1) is 34.0 Å². The number of H-pyrrole nitrogens is 1. The molecule has 7 heteroatoms. The van der Waals surface area contributed by atoms with Crippen molar-refractivity contribution in [2.75, 3.05) is 0 Å². The van der Waals surface area contributed by atoms with E-state index in [0.717, 1.165) is 33.4 Å². The molecule has 0 fully saturated rings. The number of rotatable bonds is 5. The first-order valence-corrected chi connectivity index (χ1v) is 11.8. The Morgan fingerprint density at radius 3 is 2.63 bits per heavy atom. The van der Waals surface area contributed by atoms with Crippen LogP contribution in [-0.2, 0) is 13.0 Å². The number of para-hydroxylation sites is 2. The van der Waals surface area contributed by atoms with Gasteiger partial charge in [-0.15, -0.1) is 0 Å². The highest BCUT2D eigenvalue weighted by atomic mass is 35.5. The van der Waals surface area contributed by atoms with Gasteiger partial charge in [-0.25, -0.2) is 9.67 Å². The molecule has 0 aliphatic rings. The Bertz CT molecular complexity index is 1750. The number of benzene rings is 3. The minimum atomic E-state index is -0.0895. The van der Waals surface area contributed by atoms with Gasteiger partial charge in [0.25, 0.3) is 5.56 Å². The van der Waals surface area contributed by atoms with Gasteiger partial charge in [0, 0.05) is 28.7 Å². The van der Waals surface area contributed by atoms with E-state index in [4.69, 9.17) is 16.6 Å². The third-order valence-electron chi connectivity index (χ3n) is 6.45. The summed E-state index contributed by atoms with van der Waals surface area (Å²) in [5.41, 5.74) is 5.40. The molecule has 35 heavy (non-hydrogen) atoms. The zero-order chi connectivity index (χ0) is 23.9. The van der Waals surface area contributed by atoms with Gasteiger partial charge in [0.15, 0.2) is 0 Å². The summed E-state index contributed by atoms with van der Waals surface area (Å²) in [6.45, 7) is 2.48. The lowest BCUT2D eigenvalue weighted by Gasteiger charge is -2.14. The first-order chi connectivity index (χ1) is 17.1. The van der Waals surface area contributed by atoms with Crippen LogP contribution < -0.4 is 5.56 Å². The summed E-state index contributed by atoms with van der Waals surface area (Å²) in [5.74, 6) is 0.587. The molecule has 0 saturated carbocycles. The molecule has 0 saturated heterocycles. The number of halogens is 1. The predicted molar refractivity (Wildman–Crippen MR) is 140 cm³/mol. The molecule has 0 unspecified atom stereocenters. The van der Waals surface area contributed by atoms with E-state index in [9.17, 15) is 4.79 Å². The highest BCUT2D eigenvalue weighted by Crippen LogP contribution is 2.26. The third-order valence-corrected chi connectivity index (χ3v) is 6.68.